The van der Waals surface area contributed by atoms with Crippen LogP contribution in [-0.4, -0.2) is 35.3 Å². The Hall–Kier alpha value is -1.10. The van der Waals surface area contributed by atoms with E-state index in [9.17, 15) is 9.59 Å². The van der Waals surface area contributed by atoms with Crippen LogP contribution in [0.25, 0.3) is 0 Å². The van der Waals surface area contributed by atoms with E-state index in [4.69, 9.17) is 23.2 Å². The van der Waals surface area contributed by atoms with Crippen molar-refractivity contribution in [2.45, 2.75) is 38.6 Å². The maximum atomic E-state index is 12.7. The number of benzene rings is 1. The number of amides is 2. The molecule has 1 aliphatic heterocycles. The highest BCUT2D eigenvalue weighted by atomic mass is 35.5. The summed E-state index contributed by atoms with van der Waals surface area (Å²) in [6.45, 7) is 0.917. The van der Waals surface area contributed by atoms with Crippen molar-refractivity contribution in [3.05, 3.63) is 33.8 Å². The fraction of sp³-hybridized carbons (Fsp3) is 0.529. The molecule has 1 spiro atoms. The van der Waals surface area contributed by atoms with Gasteiger partial charge in [0, 0.05) is 13.0 Å². The predicted octanol–water partition coefficient (Wildman–Crippen LogP) is 3.70. The highest BCUT2D eigenvalue weighted by Crippen LogP contribution is 2.46. The van der Waals surface area contributed by atoms with Crippen molar-refractivity contribution in [3.63, 3.8) is 0 Å². The summed E-state index contributed by atoms with van der Waals surface area (Å²) in [4.78, 5) is 28.3. The van der Waals surface area contributed by atoms with E-state index in [0.29, 0.717) is 29.7 Å². The van der Waals surface area contributed by atoms with E-state index in [0.717, 1.165) is 31.2 Å². The summed E-state index contributed by atoms with van der Waals surface area (Å²) >= 11 is 11.9. The summed E-state index contributed by atoms with van der Waals surface area (Å²) in [5.74, 6) is -0.0288. The number of likely N-dealkylation sites (tertiary alicyclic amines) is 1. The van der Waals surface area contributed by atoms with Crippen molar-refractivity contribution in [3.8, 4) is 0 Å². The summed E-state index contributed by atoms with van der Waals surface area (Å²) < 4.78 is 0. The van der Waals surface area contributed by atoms with Gasteiger partial charge in [0.15, 0.2) is 0 Å². The Morgan fingerprint density at radius 2 is 1.87 bits per heavy atom. The minimum atomic E-state index is -0.401. The molecule has 0 aromatic heterocycles. The number of hydrogen-bond donors (Lipinski definition) is 0. The molecule has 1 aromatic rings. The molecule has 3 rings (SSSR count). The monoisotopic (exact) mass is 354 g/mol. The van der Waals surface area contributed by atoms with E-state index < -0.39 is 5.41 Å². The first-order valence-electron chi connectivity index (χ1n) is 7.89. The lowest BCUT2D eigenvalue weighted by molar-refractivity contribution is -0.143. The van der Waals surface area contributed by atoms with Crippen LogP contribution in [0.2, 0.25) is 10.0 Å². The third-order valence-electron chi connectivity index (χ3n) is 4.87. The van der Waals surface area contributed by atoms with Gasteiger partial charge in [0.2, 0.25) is 11.8 Å². The van der Waals surface area contributed by atoms with Crippen LogP contribution < -0.4 is 0 Å². The summed E-state index contributed by atoms with van der Waals surface area (Å²) in [6, 6.07) is 5.47. The number of nitrogens with zero attached hydrogens (tertiary/aromatic N) is 2. The van der Waals surface area contributed by atoms with Gasteiger partial charge in [-0.15, -0.1) is 0 Å². The molecule has 1 aliphatic carbocycles. The lowest BCUT2D eigenvalue weighted by Gasteiger charge is -2.25. The van der Waals surface area contributed by atoms with Gasteiger partial charge in [0.25, 0.3) is 0 Å². The number of rotatable bonds is 4. The molecular formula is C17H20Cl2N2O2. The normalized spacial score (nSPS) is 20.3. The van der Waals surface area contributed by atoms with E-state index in [1.807, 2.05) is 24.1 Å². The van der Waals surface area contributed by atoms with Gasteiger partial charge < -0.3 is 0 Å². The Balaban J connectivity index is 1.65. The van der Waals surface area contributed by atoms with Crippen LogP contribution in [0, 0.1) is 5.41 Å². The first kappa shape index (κ1) is 16.7. The number of imide groups is 1. The SMILES string of the molecule is CN(Cc1ccc(Cl)c(Cl)c1)CN1C(=O)CC2(CCCC2)C1=O. The van der Waals surface area contributed by atoms with Crippen molar-refractivity contribution in [2.75, 3.05) is 13.7 Å². The van der Waals surface area contributed by atoms with Crippen LogP contribution in [-0.2, 0) is 16.1 Å². The second-order valence-electron chi connectivity index (χ2n) is 6.70. The second kappa shape index (κ2) is 6.42. The molecule has 2 aliphatic rings. The Labute approximate surface area is 146 Å². The Morgan fingerprint density at radius 3 is 2.52 bits per heavy atom. The second-order valence-corrected chi connectivity index (χ2v) is 7.51. The zero-order chi connectivity index (χ0) is 16.6. The molecule has 2 amide bonds. The molecule has 0 radical (unpaired) electrons. The van der Waals surface area contributed by atoms with Crippen molar-refractivity contribution in [1.82, 2.24) is 9.80 Å². The van der Waals surface area contributed by atoms with Gasteiger partial charge in [0.05, 0.1) is 22.1 Å². The van der Waals surface area contributed by atoms with Gasteiger partial charge in [-0.05, 0) is 37.6 Å². The molecule has 0 atom stereocenters. The fourth-order valence-electron chi connectivity index (χ4n) is 3.69. The topological polar surface area (TPSA) is 40.6 Å². The van der Waals surface area contributed by atoms with Gasteiger partial charge >= 0.3 is 0 Å². The maximum absolute atomic E-state index is 12.7. The van der Waals surface area contributed by atoms with Crippen LogP contribution >= 0.6 is 23.2 Å². The van der Waals surface area contributed by atoms with Gasteiger partial charge in [-0.2, -0.15) is 0 Å². The summed E-state index contributed by atoms with van der Waals surface area (Å²) in [5.41, 5.74) is 0.596. The third kappa shape index (κ3) is 3.25. The quantitative estimate of drug-likeness (QED) is 0.774. The van der Waals surface area contributed by atoms with E-state index in [-0.39, 0.29) is 11.8 Å². The number of carbonyl (C=O) groups excluding carboxylic acids is 2. The van der Waals surface area contributed by atoms with Gasteiger partial charge in [-0.1, -0.05) is 42.1 Å². The molecule has 0 unspecified atom stereocenters. The number of hydrogen-bond acceptors (Lipinski definition) is 3. The maximum Gasteiger partial charge on any atom is 0.237 e. The molecule has 0 N–H and O–H groups in total. The molecule has 0 bridgehead atoms. The molecule has 6 heteroatoms. The van der Waals surface area contributed by atoms with Gasteiger partial charge in [-0.25, -0.2) is 0 Å². The van der Waals surface area contributed by atoms with E-state index in [1.54, 1.807) is 6.07 Å². The van der Waals surface area contributed by atoms with E-state index >= 15 is 0 Å². The number of carbonyl (C=O) groups is 2. The Kier molecular flexibility index (Phi) is 4.68. The highest BCUT2D eigenvalue weighted by molar-refractivity contribution is 6.42. The summed E-state index contributed by atoms with van der Waals surface area (Å²) in [6.07, 6.45) is 4.18. The zero-order valence-corrected chi connectivity index (χ0v) is 14.7. The highest BCUT2D eigenvalue weighted by Gasteiger charge is 2.52. The average Bonchev–Trinajstić information content (AvgIpc) is 3.05. The van der Waals surface area contributed by atoms with E-state index in [1.165, 1.54) is 4.90 Å². The predicted molar refractivity (Wildman–Crippen MR) is 90.2 cm³/mol. The summed E-state index contributed by atoms with van der Waals surface area (Å²) in [7, 11) is 1.89. The molecular weight excluding hydrogens is 335 g/mol. The molecule has 1 heterocycles. The average molecular weight is 355 g/mol. The van der Waals surface area contributed by atoms with Gasteiger partial charge in [0.1, 0.15) is 0 Å². The van der Waals surface area contributed by atoms with Crippen LogP contribution in [0.5, 0.6) is 0 Å². The third-order valence-corrected chi connectivity index (χ3v) is 5.61. The van der Waals surface area contributed by atoms with E-state index in [2.05, 4.69) is 0 Å². The van der Waals surface area contributed by atoms with Crippen LogP contribution in [0.3, 0.4) is 0 Å². The molecule has 1 saturated carbocycles. The Morgan fingerprint density at radius 1 is 1.17 bits per heavy atom. The minimum absolute atomic E-state index is 0.0148. The van der Waals surface area contributed by atoms with Crippen LogP contribution in [0.15, 0.2) is 18.2 Å². The lowest BCUT2D eigenvalue weighted by atomic mass is 9.85. The van der Waals surface area contributed by atoms with Crippen molar-refractivity contribution in [1.29, 1.82) is 0 Å². The summed E-state index contributed by atoms with van der Waals surface area (Å²) in [5, 5.41) is 1.03. The molecule has 23 heavy (non-hydrogen) atoms. The van der Waals surface area contributed by atoms with Crippen LogP contribution in [0.1, 0.15) is 37.7 Å². The smallest absolute Gasteiger partial charge is 0.237 e. The Bertz CT molecular complexity index is 641. The fourth-order valence-corrected chi connectivity index (χ4v) is 4.01. The molecule has 1 aromatic carbocycles. The molecule has 124 valence electrons. The minimum Gasteiger partial charge on any atom is -0.284 e. The molecule has 1 saturated heterocycles. The largest absolute Gasteiger partial charge is 0.284 e. The van der Waals surface area contributed by atoms with Crippen molar-refractivity contribution in [2.24, 2.45) is 5.41 Å². The van der Waals surface area contributed by atoms with Crippen LogP contribution in [0.4, 0.5) is 0 Å². The lowest BCUT2D eigenvalue weighted by Crippen LogP contribution is -2.41. The first-order chi connectivity index (χ1) is 10.9. The number of halogens is 2. The first-order valence-corrected chi connectivity index (χ1v) is 8.64. The zero-order valence-electron chi connectivity index (χ0n) is 13.1. The van der Waals surface area contributed by atoms with Crippen molar-refractivity contribution >= 4 is 35.0 Å². The van der Waals surface area contributed by atoms with Crippen molar-refractivity contribution < 1.29 is 9.59 Å². The standard InChI is InChI=1S/C17H20Cl2N2O2/c1-20(10-12-4-5-13(18)14(19)8-12)11-21-15(22)9-17(16(21)23)6-2-3-7-17/h4-5,8H,2-3,6-7,9-11H2,1H3. The van der Waals surface area contributed by atoms with Gasteiger partial charge in [-0.3, -0.25) is 19.4 Å². The molecule has 4 nitrogen and oxygen atoms in total. The molecule has 2 fully saturated rings.